The third kappa shape index (κ3) is 4.85. The highest BCUT2D eigenvalue weighted by molar-refractivity contribution is 7.89. The van der Waals surface area contributed by atoms with Crippen molar-refractivity contribution < 1.29 is 27.1 Å². The van der Waals surface area contributed by atoms with Crippen molar-refractivity contribution in [2.75, 3.05) is 20.2 Å². The normalized spacial score (nSPS) is 15.4. The van der Waals surface area contributed by atoms with E-state index in [-0.39, 0.29) is 24.6 Å². The van der Waals surface area contributed by atoms with Gasteiger partial charge in [-0.1, -0.05) is 0 Å². The number of carbonyl (C=O) groups excluding carboxylic acids is 1. The molecule has 8 nitrogen and oxygen atoms in total. The average molecular weight is 486 g/mol. The molecule has 0 N–H and O–H groups in total. The average Bonchev–Trinajstić information content (AvgIpc) is 2.83. The van der Waals surface area contributed by atoms with E-state index in [4.69, 9.17) is 13.9 Å². The van der Waals surface area contributed by atoms with Gasteiger partial charge in [0, 0.05) is 30.1 Å². The summed E-state index contributed by atoms with van der Waals surface area (Å²) < 4.78 is 43.1. The Morgan fingerprint density at radius 3 is 2.35 bits per heavy atom. The molecule has 1 saturated heterocycles. The van der Waals surface area contributed by atoms with E-state index in [1.54, 1.807) is 18.2 Å². The van der Waals surface area contributed by atoms with Gasteiger partial charge in [0.1, 0.15) is 17.9 Å². The molecule has 0 atom stereocenters. The Kier molecular flexibility index (Phi) is 6.77. The van der Waals surface area contributed by atoms with Gasteiger partial charge in [0.25, 0.3) is 0 Å². The maximum absolute atomic E-state index is 12.9. The third-order valence-corrected chi connectivity index (χ3v) is 8.21. The van der Waals surface area contributed by atoms with Crippen LogP contribution in [-0.2, 0) is 26.2 Å². The quantitative estimate of drug-likeness (QED) is 0.388. The fourth-order valence-electron chi connectivity index (χ4n) is 4.10. The molecule has 0 spiro atoms. The van der Waals surface area contributed by atoms with Crippen LogP contribution < -0.4 is 10.4 Å². The lowest BCUT2D eigenvalue weighted by atomic mass is 9.98. The summed E-state index contributed by atoms with van der Waals surface area (Å²) in [6, 6.07) is 11.3. The summed E-state index contributed by atoms with van der Waals surface area (Å²) in [6.45, 7) is 4.30. The summed E-state index contributed by atoms with van der Waals surface area (Å²) in [5, 5.41) is 0.732. The number of methoxy groups -OCH3 is 1. The maximum atomic E-state index is 12.9. The highest BCUT2D eigenvalue weighted by atomic mass is 32.2. The lowest BCUT2D eigenvalue weighted by Crippen LogP contribution is -2.40. The zero-order valence-corrected chi connectivity index (χ0v) is 20.2. The Balaban J connectivity index is 1.40. The molecule has 3 aromatic rings. The van der Waals surface area contributed by atoms with E-state index in [9.17, 15) is 18.0 Å². The summed E-state index contributed by atoms with van der Waals surface area (Å²) in [7, 11) is -2.13. The third-order valence-electron chi connectivity index (χ3n) is 6.30. The second kappa shape index (κ2) is 9.60. The van der Waals surface area contributed by atoms with E-state index in [1.807, 2.05) is 19.9 Å². The predicted octanol–water partition coefficient (Wildman–Crippen LogP) is 3.56. The number of esters is 1. The van der Waals surface area contributed by atoms with Crippen molar-refractivity contribution >= 4 is 27.0 Å². The molecular formula is C25H27NO7S. The smallest absolute Gasteiger partial charge is 0.336 e. The van der Waals surface area contributed by atoms with Crippen molar-refractivity contribution in [2.24, 2.45) is 5.92 Å². The van der Waals surface area contributed by atoms with Crippen LogP contribution in [0.3, 0.4) is 0 Å². The molecule has 0 amide bonds. The van der Waals surface area contributed by atoms with Gasteiger partial charge in [-0.3, -0.25) is 4.79 Å². The summed E-state index contributed by atoms with van der Waals surface area (Å²) in [5.74, 6) is -0.223. The Morgan fingerprint density at radius 2 is 1.71 bits per heavy atom. The summed E-state index contributed by atoms with van der Waals surface area (Å²) in [5.41, 5.74) is 2.58. The molecule has 1 aromatic heterocycles. The minimum absolute atomic E-state index is 0.0478. The number of ether oxygens (including phenoxy) is 2. The van der Waals surface area contributed by atoms with Crippen LogP contribution >= 0.6 is 0 Å². The zero-order valence-electron chi connectivity index (χ0n) is 19.4. The Hall–Kier alpha value is -3.17. The van der Waals surface area contributed by atoms with Crippen LogP contribution in [0.4, 0.5) is 0 Å². The standard InChI is InChI=1S/C25H27NO7S/c1-16-12-22-19(14-24(27)33-23(22)13-17(16)2)15-32-25(28)18-8-10-26(11-9-18)34(29,30)21-6-4-20(31-3)5-7-21/h4-7,12-14,18H,8-11,15H2,1-3H3. The minimum Gasteiger partial charge on any atom is -0.497 e. The van der Waals surface area contributed by atoms with Gasteiger partial charge >= 0.3 is 11.6 Å². The van der Waals surface area contributed by atoms with Crippen LogP contribution in [0.1, 0.15) is 29.5 Å². The van der Waals surface area contributed by atoms with Gasteiger partial charge in [-0.2, -0.15) is 4.31 Å². The van der Waals surface area contributed by atoms with Crippen molar-refractivity contribution in [2.45, 2.75) is 38.2 Å². The Bertz CT molecular complexity index is 1370. The highest BCUT2D eigenvalue weighted by Gasteiger charge is 2.33. The molecule has 0 saturated carbocycles. The van der Waals surface area contributed by atoms with E-state index >= 15 is 0 Å². The molecule has 1 aliphatic rings. The lowest BCUT2D eigenvalue weighted by Gasteiger charge is -2.30. The molecule has 1 aliphatic heterocycles. The molecule has 9 heteroatoms. The van der Waals surface area contributed by atoms with Gasteiger partial charge in [-0.15, -0.1) is 0 Å². The molecule has 2 heterocycles. The van der Waals surface area contributed by atoms with Crippen LogP contribution in [-0.4, -0.2) is 38.9 Å². The first-order valence-corrected chi connectivity index (χ1v) is 12.5. The number of fused-ring (bicyclic) bond motifs is 1. The van der Waals surface area contributed by atoms with E-state index < -0.39 is 27.5 Å². The van der Waals surface area contributed by atoms with Crippen molar-refractivity contribution in [3.05, 3.63) is 69.6 Å². The lowest BCUT2D eigenvalue weighted by molar-refractivity contribution is -0.151. The minimum atomic E-state index is -3.65. The van der Waals surface area contributed by atoms with Gasteiger partial charge in [-0.05, 0) is 74.2 Å². The van der Waals surface area contributed by atoms with E-state index in [2.05, 4.69) is 0 Å². The zero-order chi connectivity index (χ0) is 24.5. The number of sulfonamides is 1. The number of piperidine rings is 1. The molecule has 0 unspecified atom stereocenters. The Morgan fingerprint density at radius 1 is 1.06 bits per heavy atom. The molecule has 1 fully saturated rings. The second-order valence-corrected chi connectivity index (χ2v) is 10.4. The van der Waals surface area contributed by atoms with Crippen molar-refractivity contribution in [1.82, 2.24) is 4.31 Å². The first-order chi connectivity index (χ1) is 16.2. The Labute approximate surface area is 198 Å². The summed E-state index contributed by atoms with van der Waals surface area (Å²) in [4.78, 5) is 24.8. The van der Waals surface area contributed by atoms with Crippen LogP contribution in [0.15, 0.2) is 56.6 Å². The van der Waals surface area contributed by atoms with Crippen molar-refractivity contribution in [3.8, 4) is 5.75 Å². The number of nitrogens with zero attached hydrogens (tertiary/aromatic N) is 1. The SMILES string of the molecule is COc1ccc(S(=O)(=O)N2CCC(C(=O)OCc3cc(=O)oc4cc(C)c(C)cc34)CC2)cc1. The maximum Gasteiger partial charge on any atom is 0.336 e. The van der Waals surface area contributed by atoms with Crippen LogP contribution in [0, 0.1) is 19.8 Å². The molecule has 0 aliphatic carbocycles. The van der Waals surface area contributed by atoms with Crippen molar-refractivity contribution in [3.63, 3.8) is 0 Å². The van der Waals surface area contributed by atoms with Gasteiger partial charge in [0.15, 0.2) is 0 Å². The number of carbonyl (C=O) groups is 1. The van der Waals surface area contributed by atoms with Gasteiger partial charge < -0.3 is 13.9 Å². The van der Waals surface area contributed by atoms with Gasteiger partial charge in [-0.25, -0.2) is 13.2 Å². The number of benzene rings is 2. The first-order valence-electron chi connectivity index (χ1n) is 11.0. The molecule has 0 bridgehead atoms. The van der Waals surface area contributed by atoms with Crippen LogP contribution in [0.25, 0.3) is 11.0 Å². The summed E-state index contributed by atoms with van der Waals surface area (Å²) >= 11 is 0. The predicted molar refractivity (Wildman–Crippen MR) is 126 cm³/mol. The van der Waals surface area contributed by atoms with Crippen LogP contribution in [0.5, 0.6) is 5.75 Å². The number of hydrogen-bond acceptors (Lipinski definition) is 7. The first kappa shape index (κ1) is 24.0. The van der Waals surface area contributed by atoms with Gasteiger partial charge in [0.2, 0.25) is 10.0 Å². The largest absolute Gasteiger partial charge is 0.497 e. The number of rotatable bonds is 6. The molecule has 2 aromatic carbocycles. The van der Waals surface area contributed by atoms with Crippen LogP contribution in [0.2, 0.25) is 0 Å². The van der Waals surface area contributed by atoms with E-state index in [1.165, 1.54) is 29.6 Å². The van der Waals surface area contributed by atoms with Gasteiger partial charge in [0.05, 0.1) is 17.9 Å². The fraction of sp³-hybridized carbons (Fsp3) is 0.360. The van der Waals surface area contributed by atoms with E-state index in [0.29, 0.717) is 29.7 Å². The van der Waals surface area contributed by atoms with E-state index in [0.717, 1.165) is 16.5 Å². The topological polar surface area (TPSA) is 103 Å². The van der Waals surface area contributed by atoms with Crippen molar-refractivity contribution in [1.29, 1.82) is 0 Å². The summed E-state index contributed by atoms with van der Waals surface area (Å²) in [6.07, 6.45) is 0.731. The molecule has 4 rings (SSSR count). The molecular weight excluding hydrogens is 458 g/mol. The fourth-order valence-corrected chi connectivity index (χ4v) is 5.57. The number of aryl methyl sites for hydroxylation is 2. The second-order valence-electron chi connectivity index (χ2n) is 8.48. The highest BCUT2D eigenvalue weighted by Crippen LogP contribution is 2.27. The number of hydrogen-bond donors (Lipinski definition) is 0. The monoisotopic (exact) mass is 485 g/mol. The molecule has 34 heavy (non-hydrogen) atoms. The molecule has 0 radical (unpaired) electrons. The molecule has 180 valence electrons.